The molecule has 0 fully saturated rings. The van der Waals surface area contributed by atoms with E-state index in [1.807, 2.05) is 16.0 Å². The molecule has 0 saturated heterocycles. The standard InChI is InChI=1S/C13H21N5O9/c14-5(1-9(21)22)11(25)17-6(2-8(15)20)13(27)18-7(4-19)12(26)16-3-10(23)24/h5-7,19H,1-4,14H2,(H2,15,20)(H,16,26)(H,17,25)(H,18,27)(H,21,22)(H,23,24). The number of aliphatic carboxylic acids is 2. The Kier molecular flexibility index (Phi) is 10.0. The maximum atomic E-state index is 12.2. The van der Waals surface area contributed by atoms with Gasteiger partial charge in [-0.15, -0.1) is 0 Å². The molecule has 0 aliphatic carbocycles. The fourth-order valence-corrected chi connectivity index (χ4v) is 1.72. The molecule has 10 N–H and O–H groups in total. The van der Waals surface area contributed by atoms with Gasteiger partial charge >= 0.3 is 11.9 Å². The zero-order valence-electron chi connectivity index (χ0n) is 14.0. The number of nitrogens with one attached hydrogen (secondary N) is 3. The lowest BCUT2D eigenvalue weighted by molar-refractivity contribution is -0.140. The lowest BCUT2D eigenvalue weighted by Crippen LogP contribution is -2.57. The van der Waals surface area contributed by atoms with E-state index in [2.05, 4.69) is 0 Å². The highest BCUT2D eigenvalue weighted by Crippen LogP contribution is 1.97. The monoisotopic (exact) mass is 391 g/mol. The van der Waals surface area contributed by atoms with Gasteiger partial charge in [-0.2, -0.15) is 0 Å². The van der Waals surface area contributed by atoms with Crippen LogP contribution in [-0.2, 0) is 28.8 Å². The quantitative estimate of drug-likeness (QED) is 0.157. The third-order valence-electron chi connectivity index (χ3n) is 3.00. The van der Waals surface area contributed by atoms with Crippen LogP contribution in [0.2, 0.25) is 0 Å². The van der Waals surface area contributed by atoms with Crippen LogP contribution in [0.25, 0.3) is 0 Å². The normalized spacial score (nSPS) is 13.6. The van der Waals surface area contributed by atoms with Crippen molar-refractivity contribution in [2.45, 2.75) is 31.0 Å². The van der Waals surface area contributed by atoms with E-state index in [4.69, 9.17) is 26.8 Å². The Morgan fingerprint density at radius 1 is 0.815 bits per heavy atom. The molecule has 0 heterocycles. The number of amides is 4. The van der Waals surface area contributed by atoms with Gasteiger partial charge < -0.3 is 42.7 Å². The van der Waals surface area contributed by atoms with Gasteiger partial charge in [0.15, 0.2) is 0 Å². The first kappa shape index (κ1) is 23.7. The number of hydrogen-bond acceptors (Lipinski definition) is 8. The van der Waals surface area contributed by atoms with Crippen LogP contribution >= 0.6 is 0 Å². The highest BCUT2D eigenvalue weighted by atomic mass is 16.4. The van der Waals surface area contributed by atoms with E-state index in [0.29, 0.717) is 0 Å². The van der Waals surface area contributed by atoms with Crippen LogP contribution in [0.15, 0.2) is 0 Å². The average molecular weight is 391 g/mol. The first-order chi connectivity index (χ1) is 12.5. The second-order valence-electron chi connectivity index (χ2n) is 5.29. The van der Waals surface area contributed by atoms with Gasteiger partial charge in [-0.1, -0.05) is 0 Å². The highest BCUT2D eigenvalue weighted by Gasteiger charge is 2.29. The van der Waals surface area contributed by atoms with E-state index in [1.54, 1.807) is 0 Å². The largest absolute Gasteiger partial charge is 0.481 e. The number of carbonyl (C=O) groups is 6. The number of carboxylic acids is 2. The third kappa shape index (κ3) is 9.71. The van der Waals surface area contributed by atoms with Crippen LogP contribution in [0.3, 0.4) is 0 Å². The molecule has 0 spiro atoms. The second kappa shape index (κ2) is 11.4. The Hall–Kier alpha value is -3.26. The zero-order valence-corrected chi connectivity index (χ0v) is 14.0. The maximum absolute atomic E-state index is 12.2. The van der Waals surface area contributed by atoms with Crippen molar-refractivity contribution in [3.8, 4) is 0 Å². The molecule has 4 amide bonds. The summed E-state index contributed by atoms with van der Waals surface area (Å²) in [5.74, 6) is -6.93. The summed E-state index contributed by atoms with van der Waals surface area (Å²) in [5, 5.41) is 32.2. The average Bonchev–Trinajstić information content (AvgIpc) is 2.55. The molecular formula is C13H21N5O9. The molecule has 0 radical (unpaired) electrons. The molecule has 3 atom stereocenters. The number of rotatable bonds is 12. The predicted octanol–water partition coefficient (Wildman–Crippen LogP) is -5.17. The molecule has 3 unspecified atom stereocenters. The van der Waals surface area contributed by atoms with E-state index in [-0.39, 0.29) is 0 Å². The van der Waals surface area contributed by atoms with Gasteiger partial charge in [0.25, 0.3) is 0 Å². The Morgan fingerprint density at radius 3 is 1.81 bits per heavy atom. The summed E-state index contributed by atoms with van der Waals surface area (Å²) in [6.45, 7) is -1.68. The Morgan fingerprint density at radius 2 is 1.37 bits per heavy atom. The van der Waals surface area contributed by atoms with Gasteiger partial charge in [-0.25, -0.2) is 0 Å². The number of aliphatic hydroxyl groups excluding tert-OH is 1. The molecule has 14 heteroatoms. The predicted molar refractivity (Wildman–Crippen MR) is 85.6 cm³/mol. The highest BCUT2D eigenvalue weighted by molar-refractivity contribution is 5.96. The number of primary amides is 1. The molecule has 0 aromatic heterocycles. The summed E-state index contributed by atoms with van der Waals surface area (Å²) in [6.07, 6.45) is -1.44. The summed E-state index contributed by atoms with van der Waals surface area (Å²) in [7, 11) is 0. The van der Waals surface area contributed by atoms with Crippen LogP contribution in [0.5, 0.6) is 0 Å². The summed E-state index contributed by atoms with van der Waals surface area (Å²) in [4.78, 5) is 67.7. The molecule has 14 nitrogen and oxygen atoms in total. The maximum Gasteiger partial charge on any atom is 0.322 e. The van der Waals surface area contributed by atoms with Crippen LogP contribution in [0.4, 0.5) is 0 Å². The topological polar surface area (TPSA) is 251 Å². The number of hydrogen-bond donors (Lipinski definition) is 8. The minimum Gasteiger partial charge on any atom is -0.481 e. The molecule has 152 valence electrons. The molecule has 0 aromatic carbocycles. The van der Waals surface area contributed by atoms with Gasteiger partial charge in [-0.05, 0) is 0 Å². The molecule has 0 rings (SSSR count). The number of nitrogens with two attached hydrogens (primary N) is 2. The summed E-state index contributed by atoms with van der Waals surface area (Å²) in [6, 6.07) is -4.69. The smallest absolute Gasteiger partial charge is 0.322 e. The van der Waals surface area contributed by atoms with Gasteiger partial charge in [0.1, 0.15) is 18.6 Å². The van der Waals surface area contributed by atoms with Crippen molar-refractivity contribution < 1.29 is 44.1 Å². The number of carboxylic acid groups (broad SMARTS) is 2. The SMILES string of the molecule is NC(=O)CC(NC(=O)C(N)CC(=O)O)C(=O)NC(CO)C(=O)NCC(=O)O. The van der Waals surface area contributed by atoms with E-state index >= 15 is 0 Å². The zero-order chi connectivity index (χ0) is 21.1. The van der Waals surface area contributed by atoms with Crippen molar-refractivity contribution in [3.05, 3.63) is 0 Å². The van der Waals surface area contributed by atoms with E-state index < -0.39 is 79.7 Å². The lowest BCUT2D eigenvalue weighted by atomic mass is 10.1. The van der Waals surface area contributed by atoms with Gasteiger partial charge in [0.2, 0.25) is 23.6 Å². The van der Waals surface area contributed by atoms with Crippen molar-refractivity contribution in [2.75, 3.05) is 13.2 Å². The third-order valence-corrected chi connectivity index (χ3v) is 3.00. The molecular weight excluding hydrogens is 370 g/mol. The number of carbonyl (C=O) groups excluding carboxylic acids is 4. The fraction of sp³-hybridized carbons (Fsp3) is 0.538. The fourth-order valence-electron chi connectivity index (χ4n) is 1.72. The first-order valence-electron chi connectivity index (χ1n) is 7.44. The van der Waals surface area contributed by atoms with Gasteiger partial charge in [0.05, 0.1) is 25.5 Å². The van der Waals surface area contributed by atoms with Crippen LogP contribution in [0.1, 0.15) is 12.8 Å². The first-order valence-corrected chi connectivity index (χ1v) is 7.44. The van der Waals surface area contributed by atoms with E-state index in [1.165, 1.54) is 0 Å². The molecule has 0 aliphatic rings. The second-order valence-corrected chi connectivity index (χ2v) is 5.29. The Bertz CT molecular complexity index is 609. The van der Waals surface area contributed by atoms with Crippen LogP contribution in [-0.4, -0.2) is 82.2 Å². The molecule has 27 heavy (non-hydrogen) atoms. The molecule has 0 bridgehead atoms. The van der Waals surface area contributed by atoms with Crippen molar-refractivity contribution in [2.24, 2.45) is 11.5 Å². The Labute approximate surface area is 152 Å². The van der Waals surface area contributed by atoms with E-state index in [0.717, 1.165) is 0 Å². The molecule has 0 aromatic rings. The lowest BCUT2D eigenvalue weighted by Gasteiger charge is -2.22. The summed E-state index contributed by atoms with van der Waals surface area (Å²) >= 11 is 0. The van der Waals surface area contributed by atoms with Crippen LogP contribution < -0.4 is 27.4 Å². The minimum atomic E-state index is -1.60. The van der Waals surface area contributed by atoms with Crippen molar-refractivity contribution in [1.82, 2.24) is 16.0 Å². The summed E-state index contributed by atoms with van der Waals surface area (Å²) in [5.41, 5.74) is 10.3. The molecule has 0 aliphatic heterocycles. The number of aliphatic hydroxyl groups is 1. The van der Waals surface area contributed by atoms with Gasteiger partial charge in [-0.3, -0.25) is 28.8 Å². The van der Waals surface area contributed by atoms with Crippen molar-refractivity contribution in [1.29, 1.82) is 0 Å². The summed E-state index contributed by atoms with van der Waals surface area (Å²) < 4.78 is 0. The Balaban J connectivity index is 5.05. The minimum absolute atomic E-state index is 0.702. The van der Waals surface area contributed by atoms with Gasteiger partial charge in [0, 0.05) is 0 Å². The van der Waals surface area contributed by atoms with E-state index in [9.17, 15) is 28.8 Å². The van der Waals surface area contributed by atoms with Crippen LogP contribution in [0, 0.1) is 0 Å². The van der Waals surface area contributed by atoms with Crippen molar-refractivity contribution >= 4 is 35.6 Å². The molecule has 0 saturated carbocycles. The van der Waals surface area contributed by atoms with Crippen molar-refractivity contribution in [3.63, 3.8) is 0 Å².